The Morgan fingerprint density at radius 1 is 1.15 bits per heavy atom. The average molecular weight is 370 g/mol. The number of rotatable bonds is 6. The predicted molar refractivity (Wildman–Crippen MR) is 105 cm³/mol. The first-order valence-electron chi connectivity index (χ1n) is 8.74. The van der Waals surface area contributed by atoms with Crippen molar-refractivity contribution in [2.24, 2.45) is 5.73 Å². The zero-order valence-electron chi connectivity index (χ0n) is 16.2. The number of carbonyl (C=O) groups is 2. The highest BCUT2D eigenvalue weighted by molar-refractivity contribution is 5.94. The standard InChI is InChI=1S/C21H26N2O4/c1-14-12-17(27-11-10-23(20(25)26)21(2,3)4)8-9-18(14)15-6-5-7-16(13-15)19(22)24/h5-9,12-13H,10-11H2,1-4H3,(H2,22,24)(H,25,26). The number of benzene rings is 2. The van der Waals surface area contributed by atoms with Gasteiger partial charge in [-0.15, -0.1) is 0 Å². The van der Waals surface area contributed by atoms with E-state index in [2.05, 4.69) is 0 Å². The number of nitrogens with two attached hydrogens (primary N) is 1. The third-order valence-corrected chi connectivity index (χ3v) is 4.28. The number of aryl methyl sites for hydroxylation is 1. The number of hydrogen-bond donors (Lipinski definition) is 2. The maximum absolute atomic E-state index is 11.4. The molecule has 0 saturated carbocycles. The molecule has 0 saturated heterocycles. The normalized spacial score (nSPS) is 11.1. The van der Waals surface area contributed by atoms with Crippen LogP contribution < -0.4 is 10.5 Å². The molecule has 2 aromatic rings. The van der Waals surface area contributed by atoms with Crippen LogP contribution in [-0.4, -0.2) is 40.7 Å². The van der Waals surface area contributed by atoms with Gasteiger partial charge in [0.05, 0.1) is 6.54 Å². The third kappa shape index (κ3) is 5.23. The molecule has 0 fully saturated rings. The van der Waals surface area contributed by atoms with Crippen LogP contribution in [0.2, 0.25) is 0 Å². The maximum Gasteiger partial charge on any atom is 0.407 e. The van der Waals surface area contributed by atoms with Gasteiger partial charge in [0.25, 0.3) is 0 Å². The summed E-state index contributed by atoms with van der Waals surface area (Å²) in [7, 11) is 0. The maximum atomic E-state index is 11.4. The van der Waals surface area contributed by atoms with E-state index in [1.54, 1.807) is 18.2 Å². The second-order valence-corrected chi connectivity index (χ2v) is 7.38. The Labute approximate surface area is 159 Å². The van der Waals surface area contributed by atoms with E-state index in [0.717, 1.165) is 16.7 Å². The number of hydrogen-bond acceptors (Lipinski definition) is 3. The van der Waals surface area contributed by atoms with Crippen molar-refractivity contribution in [3.63, 3.8) is 0 Å². The molecule has 0 aliphatic carbocycles. The molecule has 0 heterocycles. The van der Waals surface area contributed by atoms with Gasteiger partial charge in [-0.05, 0) is 68.7 Å². The molecular formula is C21H26N2O4. The van der Waals surface area contributed by atoms with E-state index in [-0.39, 0.29) is 13.2 Å². The summed E-state index contributed by atoms with van der Waals surface area (Å²) >= 11 is 0. The van der Waals surface area contributed by atoms with E-state index >= 15 is 0 Å². The Morgan fingerprint density at radius 2 is 1.85 bits per heavy atom. The first-order chi connectivity index (χ1) is 12.6. The molecular weight excluding hydrogens is 344 g/mol. The zero-order valence-corrected chi connectivity index (χ0v) is 16.2. The van der Waals surface area contributed by atoms with Crippen LogP contribution in [0.25, 0.3) is 11.1 Å². The number of primary amides is 1. The van der Waals surface area contributed by atoms with Crippen molar-refractivity contribution in [2.75, 3.05) is 13.2 Å². The lowest BCUT2D eigenvalue weighted by Crippen LogP contribution is -2.46. The lowest BCUT2D eigenvalue weighted by molar-refractivity contribution is 0.0891. The summed E-state index contributed by atoms with van der Waals surface area (Å²) in [5.41, 5.74) is 8.19. The highest BCUT2D eigenvalue weighted by Crippen LogP contribution is 2.27. The molecule has 0 unspecified atom stereocenters. The van der Waals surface area contributed by atoms with Crippen molar-refractivity contribution < 1.29 is 19.4 Å². The van der Waals surface area contributed by atoms with Crippen LogP contribution in [0.1, 0.15) is 36.7 Å². The molecule has 2 aromatic carbocycles. The van der Waals surface area contributed by atoms with Crippen LogP contribution in [0.4, 0.5) is 4.79 Å². The van der Waals surface area contributed by atoms with Crippen LogP contribution in [0.5, 0.6) is 5.75 Å². The summed E-state index contributed by atoms with van der Waals surface area (Å²) in [6.07, 6.45) is -0.966. The van der Waals surface area contributed by atoms with E-state index in [9.17, 15) is 14.7 Å². The summed E-state index contributed by atoms with van der Waals surface area (Å²) < 4.78 is 5.74. The largest absolute Gasteiger partial charge is 0.492 e. The van der Waals surface area contributed by atoms with Gasteiger partial charge in [-0.2, -0.15) is 0 Å². The summed E-state index contributed by atoms with van der Waals surface area (Å²) in [4.78, 5) is 24.1. The quantitative estimate of drug-likeness (QED) is 0.806. The second-order valence-electron chi connectivity index (χ2n) is 7.38. The van der Waals surface area contributed by atoms with Gasteiger partial charge < -0.3 is 20.5 Å². The van der Waals surface area contributed by atoms with E-state index in [1.807, 2.05) is 52.0 Å². The highest BCUT2D eigenvalue weighted by Gasteiger charge is 2.25. The molecule has 144 valence electrons. The van der Waals surface area contributed by atoms with Gasteiger partial charge in [0, 0.05) is 11.1 Å². The van der Waals surface area contributed by atoms with Crippen LogP contribution in [-0.2, 0) is 0 Å². The molecule has 2 amide bonds. The van der Waals surface area contributed by atoms with Gasteiger partial charge in [0.2, 0.25) is 5.91 Å². The lowest BCUT2D eigenvalue weighted by atomic mass is 9.98. The van der Waals surface area contributed by atoms with Gasteiger partial charge >= 0.3 is 6.09 Å². The summed E-state index contributed by atoms with van der Waals surface area (Å²) in [5, 5.41) is 9.31. The fraction of sp³-hybridized carbons (Fsp3) is 0.333. The minimum atomic E-state index is -0.966. The molecule has 0 atom stereocenters. The van der Waals surface area contributed by atoms with Crippen molar-refractivity contribution in [3.8, 4) is 16.9 Å². The monoisotopic (exact) mass is 370 g/mol. The molecule has 0 bridgehead atoms. The Bertz CT molecular complexity index is 840. The van der Waals surface area contributed by atoms with E-state index in [1.165, 1.54) is 4.90 Å². The number of carboxylic acid groups (broad SMARTS) is 1. The molecule has 0 aliphatic rings. The number of nitrogens with zero attached hydrogens (tertiary/aromatic N) is 1. The van der Waals surface area contributed by atoms with Crippen molar-refractivity contribution in [3.05, 3.63) is 53.6 Å². The Balaban J connectivity index is 2.10. The van der Waals surface area contributed by atoms with Crippen LogP contribution in [0, 0.1) is 6.92 Å². The molecule has 27 heavy (non-hydrogen) atoms. The molecule has 0 spiro atoms. The van der Waals surface area contributed by atoms with Gasteiger partial charge in [-0.25, -0.2) is 4.79 Å². The minimum Gasteiger partial charge on any atom is -0.492 e. The third-order valence-electron chi connectivity index (χ3n) is 4.28. The summed E-state index contributed by atoms with van der Waals surface area (Å²) in [5.74, 6) is 0.206. The lowest BCUT2D eigenvalue weighted by Gasteiger charge is -2.33. The van der Waals surface area contributed by atoms with Crippen LogP contribution >= 0.6 is 0 Å². The first-order valence-corrected chi connectivity index (χ1v) is 8.74. The van der Waals surface area contributed by atoms with E-state index in [0.29, 0.717) is 11.3 Å². The summed E-state index contributed by atoms with van der Waals surface area (Å²) in [6, 6.07) is 12.8. The molecule has 0 aliphatic heterocycles. The van der Waals surface area contributed by atoms with Crippen LogP contribution in [0.15, 0.2) is 42.5 Å². The smallest absolute Gasteiger partial charge is 0.407 e. The fourth-order valence-corrected chi connectivity index (χ4v) is 2.86. The molecule has 0 radical (unpaired) electrons. The van der Waals surface area contributed by atoms with Crippen molar-refractivity contribution in [1.29, 1.82) is 0 Å². The zero-order chi connectivity index (χ0) is 20.2. The Morgan fingerprint density at radius 3 is 2.41 bits per heavy atom. The first kappa shape index (κ1) is 20.3. The van der Waals surface area contributed by atoms with Gasteiger partial charge in [-0.3, -0.25) is 4.79 Å². The van der Waals surface area contributed by atoms with Gasteiger partial charge in [-0.1, -0.05) is 18.2 Å². The number of amides is 2. The van der Waals surface area contributed by atoms with Crippen molar-refractivity contribution in [1.82, 2.24) is 4.90 Å². The number of carbonyl (C=O) groups excluding carboxylic acids is 1. The average Bonchev–Trinajstić information content (AvgIpc) is 2.57. The predicted octanol–water partition coefficient (Wildman–Crippen LogP) is 3.92. The second kappa shape index (κ2) is 8.12. The number of ether oxygens (including phenoxy) is 1. The Hall–Kier alpha value is -3.02. The summed E-state index contributed by atoms with van der Waals surface area (Å²) in [6.45, 7) is 8.04. The van der Waals surface area contributed by atoms with Crippen LogP contribution in [0.3, 0.4) is 0 Å². The minimum absolute atomic E-state index is 0.263. The molecule has 6 nitrogen and oxygen atoms in total. The van der Waals surface area contributed by atoms with E-state index < -0.39 is 17.5 Å². The molecule has 6 heteroatoms. The van der Waals surface area contributed by atoms with Gasteiger partial charge in [0.15, 0.2) is 0 Å². The van der Waals surface area contributed by atoms with E-state index in [4.69, 9.17) is 10.5 Å². The highest BCUT2D eigenvalue weighted by atomic mass is 16.5. The molecule has 0 aromatic heterocycles. The topological polar surface area (TPSA) is 92.9 Å². The van der Waals surface area contributed by atoms with Crippen molar-refractivity contribution >= 4 is 12.0 Å². The Kier molecular flexibility index (Phi) is 6.10. The molecule has 2 rings (SSSR count). The fourth-order valence-electron chi connectivity index (χ4n) is 2.86. The van der Waals surface area contributed by atoms with Gasteiger partial charge in [0.1, 0.15) is 12.4 Å². The van der Waals surface area contributed by atoms with Crippen molar-refractivity contribution in [2.45, 2.75) is 33.2 Å². The SMILES string of the molecule is Cc1cc(OCCN(C(=O)O)C(C)(C)C)ccc1-c1cccc(C(N)=O)c1. The molecule has 3 N–H and O–H groups in total.